The molecule has 3 aromatic rings. The minimum atomic E-state index is -0.0208. The van der Waals surface area contributed by atoms with Gasteiger partial charge in [0.1, 0.15) is 0 Å². The Bertz CT molecular complexity index is 969. The standard InChI is InChI=1S/C21H26N6O/c1-3-22-13-16-8-11-26(12-9-16)21(28)20-15(2)27(25-24-20)19-6-4-5-17-14-23-10-7-18(17)19/h4-7,10,14,16,22H,3,8-9,11-13H2,1-2H3. The molecule has 0 saturated carbocycles. The zero-order valence-electron chi connectivity index (χ0n) is 16.4. The molecule has 7 nitrogen and oxygen atoms in total. The number of nitrogens with one attached hydrogen (secondary N) is 1. The van der Waals surface area contributed by atoms with Gasteiger partial charge in [-0.05, 0) is 50.9 Å². The van der Waals surface area contributed by atoms with E-state index in [4.69, 9.17) is 0 Å². The van der Waals surface area contributed by atoms with E-state index in [1.165, 1.54) is 0 Å². The third kappa shape index (κ3) is 3.49. The number of benzene rings is 1. The third-order valence-electron chi connectivity index (χ3n) is 5.57. The highest BCUT2D eigenvalue weighted by Crippen LogP contribution is 2.24. The maximum absolute atomic E-state index is 13.0. The largest absolute Gasteiger partial charge is 0.337 e. The summed E-state index contributed by atoms with van der Waals surface area (Å²) in [6, 6.07) is 7.94. The molecule has 1 N–H and O–H groups in total. The number of likely N-dealkylation sites (tertiary alicyclic amines) is 1. The van der Waals surface area contributed by atoms with Crippen LogP contribution in [0.25, 0.3) is 16.5 Å². The number of carbonyl (C=O) groups excluding carboxylic acids is 1. The summed E-state index contributed by atoms with van der Waals surface area (Å²) in [6.45, 7) is 7.61. The first-order valence-corrected chi connectivity index (χ1v) is 9.94. The summed E-state index contributed by atoms with van der Waals surface area (Å²) >= 11 is 0. The fraction of sp³-hybridized carbons (Fsp3) is 0.429. The second-order valence-electron chi connectivity index (χ2n) is 7.35. The predicted molar refractivity (Wildman–Crippen MR) is 109 cm³/mol. The quantitative estimate of drug-likeness (QED) is 0.738. The second-order valence-corrected chi connectivity index (χ2v) is 7.35. The number of amides is 1. The number of piperidine rings is 1. The molecule has 1 aliphatic rings. The summed E-state index contributed by atoms with van der Waals surface area (Å²) in [5.41, 5.74) is 2.12. The van der Waals surface area contributed by atoms with Crippen LogP contribution in [0.2, 0.25) is 0 Å². The van der Waals surface area contributed by atoms with Crippen LogP contribution in [0.3, 0.4) is 0 Å². The van der Waals surface area contributed by atoms with Crippen molar-refractivity contribution in [3.63, 3.8) is 0 Å². The van der Waals surface area contributed by atoms with Crippen molar-refractivity contribution in [1.82, 2.24) is 30.2 Å². The van der Waals surface area contributed by atoms with E-state index in [1.807, 2.05) is 42.3 Å². The van der Waals surface area contributed by atoms with Crippen molar-refractivity contribution in [3.05, 3.63) is 48.0 Å². The molecule has 0 unspecified atom stereocenters. The number of nitrogens with zero attached hydrogens (tertiary/aromatic N) is 5. The number of carbonyl (C=O) groups is 1. The van der Waals surface area contributed by atoms with Crippen LogP contribution in [0.5, 0.6) is 0 Å². The van der Waals surface area contributed by atoms with E-state index < -0.39 is 0 Å². The Morgan fingerprint density at radius 2 is 2.07 bits per heavy atom. The number of hydrogen-bond donors (Lipinski definition) is 1. The van der Waals surface area contributed by atoms with Crippen molar-refractivity contribution >= 4 is 16.7 Å². The van der Waals surface area contributed by atoms with Crippen molar-refractivity contribution in [1.29, 1.82) is 0 Å². The smallest absolute Gasteiger partial charge is 0.276 e. The van der Waals surface area contributed by atoms with Gasteiger partial charge in [-0.25, -0.2) is 4.68 Å². The van der Waals surface area contributed by atoms with Gasteiger partial charge in [0.15, 0.2) is 5.69 Å². The molecule has 1 aromatic carbocycles. The van der Waals surface area contributed by atoms with Crippen LogP contribution in [0, 0.1) is 12.8 Å². The van der Waals surface area contributed by atoms with E-state index in [2.05, 4.69) is 27.5 Å². The monoisotopic (exact) mass is 378 g/mol. The molecule has 0 atom stereocenters. The van der Waals surface area contributed by atoms with Gasteiger partial charge < -0.3 is 10.2 Å². The minimum absolute atomic E-state index is 0.0208. The number of pyridine rings is 1. The van der Waals surface area contributed by atoms with Crippen LogP contribution in [-0.2, 0) is 0 Å². The minimum Gasteiger partial charge on any atom is -0.337 e. The van der Waals surface area contributed by atoms with Gasteiger partial charge >= 0.3 is 0 Å². The zero-order chi connectivity index (χ0) is 19.5. The molecule has 4 rings (SSSR count). The molecule has 2 aromatic heterocycles. The lowest BCUT2D eigenvalue weighted by Gasteiger charge is -2.31. The number of fused-ring (bicyclic) bond motifs is 1. The molecule has 0 aliphatic carbocycles. The van der Waals surface area contributed by atoms with E-state index in [0.717, 1.165) is 61.2 Å². The maximum Gasteiger partial charge on any atom is 0.276 e. The van der Waals surface area contributed by atoms with Gasteiger partial charge in [0.25, 0.3) is 5.91 Å². The molecule has 146 valence electrons. The molecule has 3 heterocycles. The van der Waals surface area contributed by atoms with E-state index in [1.54, 1.807) is 10.9 Å². The van der Waals surface area contributed by atoms with Crippen LogP contribution in [-0.4, -0.2) is 57.0 Å². The van der Waals surface area contributed by atoms with Crippen molar-refractivity contribution < 1.29 is 4.79 Å². The molecule has 0 radical (unpaired) electrons. The summed E-state index contributed by atoms with van der Waals surface area (Å²) in [5.74, 6) is 0.623. The van der Waals surface area contributed by atoms with Crippen molar-refractivity contribution in [2.75, 3.05) is 26.2 Å². The first-order chi connectivity index (χ1) is 13.7. The van der Waals surface area contributed by atoms with E-state index in [9.17, 15) is 4.79 Å². The summed E-state index contributed by atoms with van der Waals surface area (Å²) < 4.78 is 1.76. The van der Waals surface area contributed by atoms with Gasteiger partial charge in [-0.15, -0.1) is 5.10 Å². The van der Waals surface area contributed by atoms with Crippen LogP contribution < -0.4 is 5.32 Å². The zero-order valence-corrected chi connectivity index (χ0v) is 16.4. The van der Waals surface area contributed by atoms with Crippen LogP contribution in [0.15, 0.2) is 36.7 Å². The predicted octanol–water partition coefficient (Wildman–Crippen LogP) is 2.59. The molecule has 0 spiro atoms. The molecule has 1 amide bonds. The Kier molecular flexibility index (Phi) is 5.34. The highest BCUT2D eigenvalue weighted by Gasteiger charge is 2.27. The lowest BCUT2D eigenvalue weighted by molar-refractivity contribution is 0.0683. The van der Waals surface area contributed by atoms with Crippen LogP contribution in [0.1, 0.15) is 35.9 Å². The molecule has 7 heteroatoms. The molecule has 28 heavy (non-hydrogen) atoms. The summed E-state index contributed by atoms with van der Waals surface area (Å²) in [5, 5.41) is 14.0. The highest BCUT2D eigenvalue weighted by molar-refractivity contribution is 5.94. The van der Waals surface area contributed by atoms with Crippen molar-refractivity contribution in [2.45, 2.75) is 26.7 Å². The Hall–Kier alpha value is -2.80. The molecule has 1 fully saturated rings. The van der Waals surface area contributed by atoms with Gasteiger partial charge in [0.05, 0.1) is 11.4 Å². The van der Waals surface area contributed by atoms with Gasteiger partial charge in [-0.1, -0.05) is 24.3 Å². The average molecular weight is 378 g/mol. The van der Waals surface area contributed by atoms with Crippen molar-refractivity contribution in [2.24, 2.45) is 5.92 Å². The third-order valence-corrected chi connectivity index (χ3v) is 5.57. The van der Waals surface area contributed by atoms with E-state index in [0.29, 0.717) is 11.6 Å². The highest BCUT2D eigenvalue weighted by atomic mass is 16.2. The maximum atomic E-state index is 13.0. The van der Waals surface area contributed by atoms with Crippen LogP contribution in [0.4, 0.5) is 0 Å². The molecule has 1 saturated heterocycles. The number of aromatic nitrogens is 4. The van der Waals surface area contributed by atoms with Crippen molar-refractivity contribution in [3.8, 4) is 5.69 Å². The Balaban J connectivity index is 1.55. The fourth-order valence-corrected chi connectivity index (χ4v) is 3.88. The van der Waals surface area contributed by atoms with Gasteiger partial charge in [-0.2, -0.15) is 0 Å². The fourth-order valence-electron chi connectivity index (χ4n) is 3.88. The molecular formula is C21H26N6O. The van der Waals surface area contributed by atoms with Crippen LogP contribution >= 0.6 is 0 Å². The summed E-state index contributed by atoms with van der Waals surface area (Å²) in [7, 11) is 0. The SMILES string of the molecule is CCNCC1CCN(C(=O)c2nnn(-c3cccc4cnccc34)c2C)CC1. The first kappa shape index (κ1) is 18.6. The normalized spacial score (nSPS) is 15.3. The number of rotatable bonds is 5. The van der Waals surface area contributed by atoms with E-state index in [-0.39, 0.29) is 5.91 Å². The summed E-state index contributed by atoms with van der Waals surface area (Å²) in [4.78, 5) is 19.1. The topological polar surface area (TPSA) is 75.9 Å². The summed E-state index contributed by atoms with van der Waals surface area (Å²) in [6.07, 6.45) is 5.65. The lowest BCUT2D eigenvalue weighted by Crippen LogP contribution is -2.41. The Morgan fingerprint density at radius 1 is 1.25 bits per heavy atom. The Labute approximate surface area is 164 Å². The van der Waals surface area contributed by atoms with E-state index >= 15 is 0 Å². The molecule has 0 bridgehead atoms. The van der Waals surface area contributed by atoms with Gasteiger partial charge in [0, 0.05) is 36.3 Å². The molecular weight excluding hydrogens is 352 g/mol. The van der Waals surface area contributed by atoms with Gasteiger partial charge in [0.2, 0.25) is 0 Å². The number of hydrogen-bond acceptors (Lipinski definition) is 5. The average Bonchev–Trinajstić information content (AvgIpc) is 3.12. The lowest BCUT2D eigenvalue weighted by atomic mass is 9.96. The Morgan fingerprint density at radius 3 is 2.86 bits per heavy atom. The second kappa shape index (κ2) is 8.06. The molecule has 1 aliphatic heterocycles. The van der Waals surface area contributed by atoms with Gasteiger partial charge in [-0.3, -0.25) is 9.78 Å². The first-order valence-electron chi connectivity index (χ1n) is 9.94.